The zero-order chi connectivity index (χ0) is 30.0. The van der Waals surface area contributed by atoms with E-state index in [1.54, 1.807) is 93.6 Å². The van der Waals surface area contributed by atoms with Gasteiger partial charge in [0.1, 0.15) is 11.4 Å². The summed E-state index contributed by atoms with van der Waals surface area (Å²) < 4.78 is 59.2. The number of hydrogen-bond donors (Lipinski definition) is 2. The average Bonchev–Trinajstić information content (AvgIpc) is 3.30. The van der Waals surface area contributed by atoms with E-state index in [0.29, 0.717) is 28.3 Å². The predicted octanol–water partition coefficient (Wildman–Crippen LogP) is 4.42. The fourth-order valence-corrected chi connectivity index (χ4v) is 6.50. The van der Waals surface area contributed by atoms with Crippen LogP contribution < -0.4 is 14.8 Å². The molecule has 0 saturated carbocycles. The number of nitrogens with zero attached hydrogens (tertiary/aromatic N) is 2. The molecule has 4 aromatic rings. The van der Waals surface area contributed by atoms with Gasteiger partial charge in [-0.25, -0.2) is 26.2 Å². The predicted molar refractivity (Wildman–Crippen MR) is 159 cm³/mol. The van der Waals surface area contributed by atoms with Gasteiger partial charge >= 0.3 is 0 Å². The molecule has 2 N–H and O–H groups in total. The molecule has 1 amide bonds. The fraction of sp³-hybridized carbons (Fsp3) is 0.241. The number of methoxy groups -OCH3 is 1. The van der Waals surface area contributed by atoms with E-state index in [1.807, 2.05) is 0 Å². The van der Waals surface area contributed by atoms with Crippen LogP contribution in [0, 0.1) is 0 Å². The van der Waals surface area contributed by atoms with E-state index in [2.05, 4.69) is 15.1 Å². The lowest BCUT2D eigenvalue weighted by atomic mass is 10.1. The van der Waals surface area contributed by atoms with Crippen molar-refractivity contribution in [2.75, 3.05) is 18.7 Å². The van der Waals surface area contributed by atoms with Crippen LogP contribution in [0.2, 0.25) is 0 Å². The first-order chi connectivity index (χ1) is 19.1. The van der Waals surface area contributed by atoms with E-state index in [1.165, 1.54) is 17.9 Å². The van der Waals surface area contributed by atoms with Gasteiger partial charge in [-0.1, -0.05) is 30.3 Å². The van der Waals surface area contributed by atoms with E-state index in [-0.39, 0.29) is 22.0 Å². The zero-order valence-electron chi connectivity index (χ0n) is 23.4. The molecule has 0 atom stereocenters. The lowest BCUT2D eigenvalue weighted by molar-refractivity contribution is 0.101. The Kier molecular flexibility index (Phi) is 8.39. The van der Waals surface area contributed by atoms with E-state index in [9.17, 15) is 21.6 Å². The first kappa shape index (κ1) is 30.0. The normalized spacial score (nSPS) is 12.2. The molecule has 4 rings (SSSR count). The van der Waals surface area contributed by atoms with Crippen molar-refractivity contribution in [1.29, 1.82) is 0 Å². The van der Waals surface area contributed by atoms with Gasteiger partial charge in [0.2, 0.25) is 10.0 Å². The molecule has 0 bridgehead atoms. The third kappa shape index (κ3) is 7.60. The van der Waals surface area contributed by atoms with Crippen LogP contribution >= 0.6 is 0 Å². The minimum absolute atomic E-state index is 0.141. The van der Waals surface area contributed by atoms with Gasteiger partial charge < -0.3 is 10.1 Å². The highest BCUT2D eigenvalue weighted by atomic mass is 32.2. The van der Waals surface area contributed by atoms with Crippen molar-refractivity contribution in [2.45, 2.75) is 37.0 Å². The number of carbonyl (C=O) groups is 1. The van der Waals surface area contributed by atoms with Crippen LogP contribution in [0.3, 0.4) is 0 Å². The summed E-state index contributed by atoms with van der Waals surface area (Å²) in [7, 11) is -5.64. The van der Waals surface area contributed by atoms with Crippen LogP contribution in [0.1, 0.15) is 37.0 Å². The summed E-state index contributed by atoms with van der Waals surface area (Å²) in [6, 6.07) is 21.8. The first-order valence-corrected chi connectivity index (χ1v) is 16.2. The number of ether oxygens (including phenoxy) is 1. The van der Waals surface area contributed by atoms with Crippen LogP contribution in [0.4, 0.5) is 5.69 Å². The van der Waals surface area contributed by atoms with Crippen molar-refractivity contribution in [3.63, 3.8) is 0 Å². The van der Waals surface area contributed by atoms with Crippen LogP contribution in [-0.4, -0.2) is 51.4 Å². The van der Waals surface area contributed by atoms with Crippen LogP contribution in [-0.2, 0) is 25.6 Å². The molecule has 216 valence electrons. The minimum Gasteiger partial charge on any atom is -0.497 e. The Morgan fingerprint density at radius 3 is 2.15 bits per heavy atom. The smallest absolute Gasteiger partial charge is 0.274 e. The van der Waals surface area contributed by atoms with E-state index in [0.717, 1.165) is 6.26 Å². The quantitative estimate of drug-likeness (QED) is 0.292. The van der Waals surface area contributed by atoms with Crippen molar-refractivity contribution < 1.29 is 26.4 Å². The number of sulfonamides is 1. The lowest BCUT2D eigenvalue weighted by Gasteiger charge is -2.21. The average molecular weight is 597 g/mol. The third-order valence-electron chi connectivity index (χ3n) is 5.79. The molecule has 0 spiro atoms. The Bertz CT molecular complexity index is 1770. The van der Waals surface area contributed by atoms with Gasteiger partial charge in [0.15, 0.2) is 9.84 Å². The summed E-state index contributed by atoms with van der Waals surface area (Å²) in [5.74, 6) is -0.206. The summed E-state index contributed by atoms with van der Waals surface area (Å²) in [6.07, 6.45) is 1.10. The van der Waals surface area contributed by atoms with Crippen molar-refractivity contribution in [1.82, 2.24) is 14.5 Å². The molecule has 0 aliphatic rings. The summed E-state index contributed by atoms with van der Waals surface area (Å²) in [5, 5.41) is 7.19. The van der Waals surface area contributed by atoms with Gasteiger partial charge in [0.25, 0.3) is 5.91 Å². The van der Waals surface area contributed by atoms with Crippen LogP contribution in [0.15, 0.2) is 83.8 Å². The number of carbonyl (C=O) groups excluding carboxylic acids is 1. The van der Waals surface area contributed by atoms with Crippen molar-refractivity contribution in [2.24, 2.45) is 0 Å². The fourth-order valence-electron chi connectivity index (χ4n) is 4.18. The number of rotatable bonds is 9. The SMILES string of the molecule is COc1ccc(-n2nc(CS(C)(=O)=O)cc2C(=O)Nc2ccc(-c3ccccc3S(=O)(=O)NC(C)(C)C)cc2)cc1. The summed E-state index contributed by atoms with van der Waals surface area (Å²) >= 11 is 0. The van der Waals surface area contributed by atoms with Crippen molar-refractivity contribution in [3.8, 4) is 22.6 Å². The number of nitrogens with one attached hydrogen (secondary N) is 2. The molecule has 0 saturated heterocycles. The molecule has 1 heterocycles. The molecule has 0 radical (unpaired) electrons. The molecule has 12 heteroatoms. The summed E-state index contributed by atoms with van der Waals surface area (Å²) in [6.45, 7) is 5.32. The van der Waals surface area contributed by atoms with Gasteiger partial charge in [-0.3, -0.25) is 4.79 Å². The monoisotopic (exact) mass is 596 g/mol. The molecule has 41 heavy (non-hydrogen) atoms. The molecule has 10 nitrogen and oxygen atoms in total. The number of anilines is 1. The van der Waals surface area contributed by atoms with Crippen LogP contribution in [0.5, 0.6) is 5.75 Å². The van der Waals surface area contributed by atoms with E-state index >= 15 is 0 Å². The Morgan fingerprint density at radius 1 is 0.927 bits per heavy atom. The summed E-state index contributed by atoms with van der Waals surface area (Å²) in [4.78, 5) is 13.5. The number of hydrogen-bond acceptors (Lipinski definition) is 7. The van der Waals surface area contributed by atoms with Gasteiger partial charge in [0.05, 0.1) is 29.1 Å². The second-order valence-electron chi connectivity index (χ2n) is 10.6. The third-order valence-corrected chi connectivity index (χ3v) is 8.43. The van der Waals surface area contributed by atoms with Gasteiger partial charge in [-0.05, 0) is 74.9 Å². The van der Waals surface area contributed by atoms with Gasteiger partial charge in [-0.2, -0.15) is 5.10 Å². The van der Waals surface area contributed by atoms with Gasteiger partial charge in [-0.15, -0.1) is 0 Å². The molecule has 1 aromatic heterocycles. The second-order valence-corrected chi connectivity index (χ2v) is 14.4. The minimum atomic E-state index is -3.79. The maximum atomic E-state index is 13.3. The first-order valence-electron chi connectivity index (χ1n) is 12.6. The number of aromatic nitrogens is 2. The zero-order valence-corrected chi connectivity index (χ0v) is 25.0. The Hall–Kier alpha value is -4.00. The molecule has 0 aliphatic heterocycles. The topological polar surface area (TPSA) is 136 Å². The van der Waals surface area contributed by atoms with Crippen LogP contribution in [0.25, 0.3) is 16.8 Å². The highest BCUT2D eigenvalue weighted by molar-refractivity contribution is 7.90. The second kappa shape index (κ2) is 11.5. The maximum Gasteiger partial charge on any atom is 0.274 e. The maximum absolute atomic E-state index is 13.3. The van der Waals surface area contributed by atoms with Gasteiger partial charge in [0, 0.05) is 23.0 Å². The van der Waals surface area contributed by atoms with Crippen molar-refractivity contribution in [3.05, 3.63) is 90.3 Å². The number of benzene rings is 3. The molecule has 0 aliphatic carbocycles. The number of sulfone groups is 1. The molecule has 3 aromatic carbocycles. The molecule has 0 unspecified atom stereocenters. The highest BCUT2D eigenvalue weighted by Crippen LogP contribution is 2.29. The molecule has 0 fully saturated rings. The Balaban J connectivity index is 1.63. The highest BCUT2D eigenvalue weighted by Gasteiger charge is 2.25. The Labute approximate surface area is 240 Å². The standard InChI is InChI=1S/C29H32N4O6S2/c1-29(2,3)32-41(37,38)27-9-7-6-8-25(27)20-10-12-21(13-11-20)30-28(34)26-18-22(19-40(5,35)36)31-33(26)23-14-16-24(39-4)17-15-23/h6-18,32H,19H2,1-5H3,(H,30,34). The Morgan fingerprint density at radius 2 is 1.56 bits per heavy atom. The summed E-state index contributed by atoms with van der Waals surface area (Å²) in [5.41, 5.74) is 1.89. The van der Waals surface area contributed by atoms with E-state index in [4.69, 9.17) is 4.74 Å². The van der Waals surface area contributed by atoms with E-state index < -0.39 is 31.3 Å². The number of amides is 1. The molecular weight excluding hydrogens is 564 g/mol. The molecular formula is C29H32N4O6S2. The van der Waals surface area contributed by atoms with Crippen molar-refractivity contribution >= 4 is 31.5 Å². The lowest BCUT2D eigenvalue weighted by Crippen LogP contribution is -2.40. The largest absolute Gasteiger partial charge is 0.497 e.